The lowest BCUT2D eigenvalue weighted by molar-refractivity contribution is 0.122. The van der Waals surface area contributed by atoms with E-state index in [1.807, 2.05) is 25.1 Å². The standard InChI is InChI=1S/C23H23N5O3S/c1-16-3-6-19(7-4-16)32(29,30)28-15-20(17(2)26-28)18-5-8-21-22(13-18)25-23(14-24-21)27-9-11-31-12-10-27/h3-8,13-15H,9-12H2,1-2H3. The zero-order valence-corrected chi connectivity index (χ0v) is 18.7. The fourth-order valence-corrected chi connectivity index (χ4v) is 4.94. The van der Waals surface area contributed by atoms with Crippen LogP contribution >= 0.6 is 0 Å². The maximum Gasteiger partial charge on any atom is 0.282 e. The molecule has 8 nitrogen and oxygen atoms in total. The summed E-state index contributed by atoms with van der Waals surface area (Å²) in [7, 11) is -3.77. The van der Waals surface area contributed by atoms with E-state index in [0.717, 1.165) is 50.7 Å². The van der Waals surface area contributed by atoms with Gasteiger partial charge in [0.05, 0.1) is 47.2 Å². The Morgan fingerprint density at radius 2 is 1.72 bits per heavy atom. The normalized spacial score (nSPS) is 14.8. The van der Waals surface area contributed by atoms with E-state index in [-0.39, 0.29) is 4.90 Å². The van der Waals surface area contributed by atoms with Gasteiger partial charge in [-0.05, 0) is 43.7 Å². The van der Waals surface area contributed by atoms with Crippen LogP contribution in [0, 0.1) is 13.8 Å². The summed E-state index contributed by atoms with van der Waals surface area (Å²) >= 11 is 0. The maximum absolute atomic E-state index is 13.0. The number of hydrogen-bond donors (Lipinski definition) is 0. The van der Waals surface area contributed by atoms with Crippen molar-refractivity contribution >= 4 is 26.9 Å². The van der Waals surface area contributed by atoms with Gasteiger partial charge < -0.3 is 9.64 Å². The highest BCUT2D eigenvalue weighted by Gasteiger charge is 2.21. The van der Waals surface area contributed by atoms with E-state index in [1.54, 1.807) is 43.6 Å². The SMILES string of the molecule is Cc1ccc(S(=O)(=O)n2cc(-c3ccc4ncc(N5CCOCC5)nc4c3)c(C)n2)cc1. The van der Waals surface area contributed by atoms with Crippen LogP contribution in [0.25, 0.3) is 22.2 Å². The van der Waals surface area contributed by atoms with Gasteiger partial charge in [0.15, 0.2) is 0 Å². The van der Waals surface area contributed by atoms with Crippen LogP contribution in [-0.2, 0) is 14.8 Å². The van der Waals surface area contributed by atoms with E-state index in [2.05, 4.69) is 15.0 Å². The van der Waals surface area contributed by atoms with Crippen LogP contribution < -0.4 is 4.90 Å². The molecular formula is C23H23N5O3S. The number of rotatable bonds is 4. The molecule has 0 amide bonds. The van der Waals surface area contributed by atoms with Gasteiger partial charge in [-0.25, -0.2) is 4.98 Å². The van der Waals surface area contributed by atoms with E-state index >= 15 is 0 Å². The van der Waals surface area contributed by atoms with E-state index in [1.165, 1.54) is 0 Å². The molecule has 1 aliphatic heterocycles. The summed E-state index contributed by atoms with van der Waals surface area (Å²) in [6, 6.07) is 12.5. The lowest BCUT2D eigenvalue weighted by Gasteiger charge is -2.27. The van der Waals surface area contributed by atoms with Gasteiger partial charge in [0, 0.05) is 18.7 Å². The smallest absolute Gasteiger partial charge is 0.282 e. The summed E-state index contributed by atoms with van der Waals surface area (Å²) in [6.07, 6.45) is 3.34. The first-order chi connectivity index (χ1) is 15.4. The number of hydrogen-bond acceptors (Lipinski definition) is 7. The number of benzene rings is 2. The highest BCUT2D eigenvalue weighted by molar-refractivity contribution is 7.89. The molecule has 0 spiro atoms. The molecule has 3 heterocycles. The van der Waals surface area contributed by atoms with Crippen molar-refractivity contribution in [1.29, 1.82) is 0 Å². The molecule has 0 N–H and O–H groups in total. The first-order valence-electron chi connectivity index (χ1n) is 10.4. The molecule has 5 rings (SSSR count). The van der Waals surface area contributed by atoms with Gasteiger partial charge >= 0.3 is 0 Å². The Hall–Kier alpha value is -3.30. The van der Waals surface area contributed by atoms with Crippen molar-refractivity contribution in [3.05, 3.63) is 66.1 Å². The fourth-order valence-electron chi connectivity index (χ4n) is 3.77. The van der Waals surface area contributed by atoms with Crippen LogP contribution in [0.15, 0.2) is 59.8 Å². The van der Waals surface area contributed by atoms with Crippen molar-refractivity contribution in [3.8, 4) is 11.1 Å². The number of aromatic nitrogens is 4. The number of ether oxygens (including phenoxy) is 1. The quantitative estimate of drug-likeness (QED) is 0.473. The van der Waals surface area contributed by atoms with Crippen LogP contribution in [-0.4, -0.2) is 53.9 Å². The number of anilines is 1. The third-order valence-electron chi connectivity index (χ3n) is 5.62. The van der Waals surface area contributed by atoms with Crippen molar-refractivity contribution in [2.75, 3.05) is 31.2 Å². The second kappa shape index (κ2) is 7.99. The minimum absolute atomic E-state index is 0.205. The van der Waals surface area contributed by atoms with Crippen LogP contribution in [0.5, 0.6) is 0 Å². The summed E-state index contributed by atoms with van der Waals surface area (Å²) < 4.78 is 32.5. The molecule has 0 bridgehead atoms. The molecular weight excluding hydrogens is 426 g/mol. The van der Waals surface area contributed by atoms with E-state index < -0.39 is 10.0 Å². The van der Waals surface area contributed by atoms with E-state index in [4.69, 9.17) is 9.72 Å². The molecule has 0 atom stereocenters. The molecule has 1 saturated heterocycles. The molecule has 0 aliphatic carbocycles. The number of morpholine rings is 1. The average Bonchev–Trinajstić information content (AvgIpc) is 3.21. The van der Waals surface area contributed by atoms with Gasteiger partial charge in [0.2, 0.25) is 0 Å². The summed E-state index contributed by atoms with van der Waals surface area (Å²) in [6.45, 7) is 6.63. The molecule has 0 saturated carbocycles. The maximum atomic E-state index is 13.0. The van der Waals surface area contributed by atoms with Gasteiger partial charge in [-0.1, -0.05) is 23.8 Å². The number of aryl methyl sites for hydroxylation is 2. The van der Waals surface area contributed by atoms with E-state index in [0.29, 0.717) is 18.9 Å². The molecule has 0 unspecified atom stereocenters. The number of fused-ring (bicyclic) bond motifs is 1. The topological polar surface area (TPSA) is 90.2 Å². The number of nitrogens with zero attached hydrogens (tertiary/aromatic N) is 5. The van der Waals surface area contributed by atoms with Crippen LogP contribution in [0.4, 0.5) is 5.82 Å². The van der Waals surface area contributed by atoms with Gasteiger partial charge in [0.1, 0.15) is 5.82 Å². The predicted molar refractivity (Wildman–Crippen MR) is 122 cm³/mol. The third kappa shape index (κ3) is 3.74. The van der Waals surface area contributed by atoms with E-state index in [9.17, 15) is 8.42 Å². The monoisotopic (exact) mass is 449 g/mol. The second-order valence-electron chi connectivity index (χ2n) is 7.85. The van der Waals surface area contributed by atoms with Crippen molar-refractivity contribution < 1.29 is 13.2 Å². The summed E-state index contributed by atoms with van der Waals surface area (Å²) in [5, 5.41) is 4.30. The minimum atomic E-state index is -3.77. The van der Waals surface area contributed by atoms with Crippen LogP contribution in [0.3, 0.4) is 0 Å². The minimum Gasteiger partial charge on any atom is -0.378 e. The first-order valence-corrected chi connectivity index (χ1v) is 11.8. The lowest BCUT2D eigenvalue weighted by Crippen LogP contribution is -2.36. The lowest BCUT2D eigenvalue weighted by atomic mass is 10.1. The van der Waals surface area contributed by atoms with Gasteiger partial charge in [0.25, 0.3) is 10.0 Å². The Kier molecular flexibility index (Phi) is 5.15. The second-order valence-corrected chi connectivity index (χ2v) is 9.65. The predicted octanol–water partition coefficient (Wildman–Crippen LogP) is 3.18. The third-order valence-corrected chi connectivity index (χ3v) is 7.17. The Morgan fingerprint density at radius 3 is 2.47 bits per heavy atom. The first kappa shape index (κ1) is 20.6. The highest BCUT2D eigenvalue weighted by Crippen LogP contribution is 2.28. The van der Waals surface area contributed by atoms with Gasteiger partial charge in [-0.15, -0.1) is 0 Å². The van der Waals surface area contributed by atoms with Crippen LogP contribution in [0.2, 0.25) is 0 Å². The summed E-state index contributed by atoms with van der Waals surface area (Å²) in [5.74, 6) is 0.812. The molecule has 32 heavy (non-hydrogen) atoms. The summed E-state index contributed by atoms with van der Waals surface area (Å²) in [5.41, 5.74) is 4.73. The van der Waals surface area contributed by atoms with Crippen molar-refractivity contribution in [1.82, 2.24) is 19.2 Å². The molecule has 0 radical (unpaired) electrons. The zero-order valence-electron chi connectivity index (χ0n) is 17.9. The van der Waals surface area contributed by atoms with Crippen LogP contribution in [0.1, 0.15) is 11.3 Å². The molecule has 2 aromatic heterocycles. The fraction of sp³-hybridized carbons (Fsp3) is 0.261. The molecule has 1 aliphatic rings. The Bertz CT molecular complexity index is 1390. The van der Waals surface area contributed by atoms with Crippen molar-refractivity contribution in [2.24, 2.45) is 0 Å². The Morgan fingerprint density at radius 1 is 0.969 bits per heavy atom. The molecule has 4 aromatic rings. The molecule has 1 fully saturated rings. The van der Waals surface area contributed by atoms with Gasteiger partial charge in [-0.2, -0.15) is 17.6 Å². The van der Waals surface area contributed by atoms with Crippen molar-refractivity contribution in [3.63, 3.8) is 0 Å². The van der Waals surface area contributed by atoms with Crippen molar-refractivity contribution in [2.45, 2.75) is 18.7 Å². The largest absolute Gasteiger partial charge is 0.378 e. The Labute approximate surface area is 186 Å². The van der Waals surface area contributed by atoms with Gasteiger partial charge in [-0.3, -0.25) is 4.98 Å². The Balaban J connectivity index is 1.52. The average molecular weight is 450 g/mol. The highest BCUT2D eigenvalue weighted by atomic mass is 32.2. The zero-order chi connectivity index (χ0) is 22.3. The summed E-state index contributed by atoms with van der Waals surface area (Å²) in [4.78, 5) is 11.7. The molecule has 9 heteroatoms. The molecule has 164 valence electrons. The molecule has 2 aromatic carbocycles.